The third kappa shape index (κ3) is 4.21. The first kappa shape index (κ1) is 20.3. The second-order valence-electron chi connectivity index (χ2n) is 7.06. The molecule has 0 bridgehead atoms. The van der Waals surface area contributed by atoms with E-state index in [1.54, 1.807) is 12.1 Å². The predicted molar refractivity (Wildman–Crippen MR) is 108 cm³/mol. The summed E-state index contributed by atoms with van der Waals surface area (Å²) in [7, 11) is 1.24. The van der Waals surface area contributed by atoms with Crippen molar-refractivity contribution in [3.8, 4) is 0 Å². The van der Waals surface area contributed by atoms with Crippen LogP contribution in [0.5, 0.6) is 0 Å². The average molecular weight is 394 g/mol. The number of ether oxygens (including phenoxy) is 2. The zero-order valence-corrected chi connectivity index (χ0v) is 16.8. The van der Waals surface area contributed by atoms with E-state index in [1.165, 1.54) is 25.3 Å². The first-order valence-corrected chi connectivity index (χ1v) is 9.23. The van der Waals surface area contributed by atoms with Crippen molar-refractivity contribution in [1.29, 1.82) is 0 Å². The maximum Gasteiger partial charge on any atom is 0.339 e. The molecule has 6 heteroatoms. The summed E-state index contributed by atoms with van der Waals surface area (Å²) in [5.41, 5.74) is 2.84. The number of fused-ring (bicyclic) bond motifs is 1. The van der Waals surface area contributed by atoms with Gasteiger partial charge in [-0.05, 0) is 48.2 Å². The van der Waals surface area contributed by atoms with Crippen molar-refractivity contribution in [3.63, 3.8) is 0 Å². The van der Waals surface area contributed by atoms with Crippen LogP contribution < -0.4 is 5.63 Å². The van der Waals surface area contributed by atoms with Crippen LogP contribution in [0.25, 0.3) is 11.0 Å². The maximum atomic E-state index is 12.6. The van der Waals surface area contributed by atoms with Crippen LogP contribution in [0.2, 0.25) is 0 Å². The maximum absolute atomic E-state index is 12.6. The summed E-state index contributed by atoms with van der Waals surface area (Å²) in [6.45, 7) is 6.00. The van der Waals surface area contributed by atoms with E-state index in [-0.39, 0.29) is 23.7 Å². The van der Waals surface area contributed by atoms with Crippen molar-refractivity contribution >= 4 is 22.9 Å². The largest absolute Gasteiger partial charge is 0.465 e. The van der Waals surface area contributed by atoms with Gasteiger partial charge in [0, 0.05) is 17.0 Å². The lowest BCUT2D eigenvalue weighted by molar-refractivity contribution is 0.0458. The summed E-state index contributed by atoms with van der Waals surface area (Å²) in [6, 6.07) is 11.4. The number of esters is 2. The molecule has 0 aliphatic rings. The molecule has 2 aromatic carbocycles. The lowest BCUT2D eigenvalue weighted by Crippen LogP contribution is -2.13. The number of benzene rings is 2. The van der Waals surface area contributed by atoms with Crippen LogP contribution >= 0.6 is 0 Å². The third-order valence-electron chi connectivity index (χ3n) is 4.75. The molecule has 3 aromatic rings. The molecule has 0 saturated carbocycles. The second-order valence-corrected chi connectivity index (χ2v) is 7.06. The molecule has 1 heterocycles. The zero-order valence-electron chi connectivity index (χ0n) is 16.8. The fourth-order valence-corrected chi connectivity index (χ4v) is 3.30. The standard InChI is InChI=1S/C23H22O6/c1-13(2)18-11-19-15(10-21(24)29-20(19)9-14(18)3)12-28-23(26)17-8-6-5-7-16(17)22(25)27-4/h5-11,13H,12H2,1-4H3. The van der Waals surface area contributed by atoms with Gasteiger partial charge < -0.3 is 13.9 Å². The number of hydrogen-bond acceptors (Lipinski definition) is 6. The van der Waals surface area contributed by atoms with Gasteiger partial charge in [0.1, 0.15) is 12.2 Å². The van der Waals surface area contributed by atoms with Crippen molar-refractivity contribution in [2.75, 3.05) is 7.11 Å². The van der Waals surface area contributed by atoms with Crippen LogP contribution in [0.1, 0.15) is 57.2 Å². The SMILES string of the molecule is COC(=O)c1ccccc1C(=O)OCc1cc(=O)oc2cc(C)c(C(C)C)cc12. The third-order valence-corrected chi connectivity index (χ3v) is 4.75. The van der Waals surface area contributed by atoms with Gasteiger partial charge in [0.15, 0.2) is 0 Å². The Morgan fingerprint density at radius 2 is 1.69 bits per heavy atom. The lowest BCUT2D eigenvalue weighted by Gasteiger charge is -2.13. The fourth-order valence-electron chi connectivity index (χ4n) is 3.30. The van der Waals surface area contributed by atoms with E-state index in [0.29, 0.717) is 16.5 Å². The molecule has 0 saturated heterocycles. The van der Waals surface area contributed by atoms with Gasteiger partial charge in [0.2, 0.25) is 0 Å². The van der Waals surface area contributed by atoms with Gasteiger partial charge in [-0.2, -0.15) is 0 Å². The number of carbonyl (C=O) groups is 2. The van der Waals surface area contributed by atoms with Gasteiger partial charge in [0.25, 0.3) is 0 Å². The van der Waals surface area contributed by atoms with Crippen molar-refractivity contribution < 1.29 is 23.5 Å². The molecule has 0 unspecified atom stereocenters. The highest BCUT2D eigenvalue weighted by atomic mass is 16.5. The van der Waals surface area contributed by atoms with Gasteiger partial charge in [0.05, 0.1) is 18.2 Å². The number of carbonyl (C=O) groups excluding carboxylic acids is 2. The zero-order chi connectivity index (χ0) is 21.1. The topological polar surface area (TPSA) is 82.8 Å². The first-order chi connectivity index (χ1) is 13.8. The van der Waals surface area contributed by atoms with Crippen LogP contribution in [-0.2, 0) is 16.1 Å². The quantitative estimate of drug-likeness (QED) is 0.472. The van der Waals surface area contributed by atoms with E-state index in [2.05, 4.69) is 13.8 Å². The number of methoxy groups -OCH3 is 1. The smallest absolute Gasteiger partial charge is 0.339 e. The average Bonchev–Trinajstić information content (AvgIpc) is 2.70. The Hall–Kier alpha value is -3.41. The Labute approximate surface area is 168 Å². The minimum atomic E-state index is -0.677. The van der Waals surface area contributed by atoms with E-state index in [9.17, 15) is 14.4 Å². The van der Waals surface area contributed by atoms with E-state index in [4.69, 9.17) is 13.9 Å². The Bertz CT molecular complexity index is 1140. The number of hydrogen-bond donors (Lipinski definition) is 0. The molecule has 1 aromatic heterocycles. The van der Waals surface area contributed by atoms with Gasteiger partial charge in [-0.25, -0.2) is 14.4 Å². The van der Waals surface area contributed by atoms with Crippen molar-refractivity contribution in [1.82, 2.24) is 0 Å². The van der Waals surface area contributed by atoms with Crippen LogP contribution in [0.3, 0.4) is 0 Å². The summed E-state index contributed by atoms with van der Waals surface area (Å²) in [4.78, 5) is 36.4. The fraction of sp³-hybridized carbons (Fsp3) is 0.261. The van der Waals surface area contributed by atoms with Gasteiger partial charge in [-0.3, -0.25) is 0 Å². The molecule has 0 spiro atoms. The summed E-state index contributed by atoms with van der Waals surface area (Å²) >= 11 is 0. The van der Waals surface area contributed by atoms with E-state index in [0.717, 1.165) is 11.1 Å². The molecule has 0 amide bonds. The van der Waals surface area contributed by atoms with Gasteiger partial charge in [-0.15, -0.1) is 0 Å². The van der Waals surface area contributed by atoms with E-state index in [1.807, 2.05) is 19.1 Å². The summed E-state index contributed by atoms with van der Waals surface area (Å²) in [5, 5.41) is 0.716. The summed E-state index contributed by atoms with van der Waals surface area (Å²) in [5.74, 6) is -1.02. The van der Waals surface area contributed by atoms with Gasteiger partial charge >= 0.3 is 17.6 Å². The van der Waals surface area contributed by atoms with E-state index < -0.39 is 17.6 Å². The first-order valence-electron chi connectivity index (χ1n) is 9.23. The predicted octanol–water partition coefficient (Wildman–Crippen LogP) is 4.37. The highest BCUT2D eigenvalue weighted by Crippen LogP contribution is 2.27. The molecule has 29 heavy (non-hydrogen) atoms. The Kier molecular flexibility index (Phi) is 5.82. The van der Waals surface area contributed by atoms with Crippen LogP contribution in [0.4, 0.5) is 0 Å². The molecule has 150 valence electrons. The molecule has 0 aliphatic carbocycles. The summed E-state index contributed by atoms with van der Waals surface area (Å²) in [6.07, 6.45) is 0. The molecule has 0 atom stereocenters. The van der Waals surface area contributed by atoms with Crippen molar-refractivity contribution in [2.24, 2.45) is 0 Å². The Morgan fingerprint density at radius 1 is 1.03 bits per heavy atom. The molecule has 0 N–H and O–H groups in total. The minimum Gasteiger partial charge on any atom is -0.465 e. The molecule has 0 fully saturated rings. The molecule has 0 aliphatic heterocycles. The lowest BCUT2D eigenvalue weighted by atomic mass is 9.95. The Balaban J connectivity index is 1.95. The number of rotatable bonds is 5. The highest BCUT2D eigenvalue weighted by molar-refractivity contribution is 6.03. The molecule has 3 rings (SSSR count). The minimum absolute atomic E-state index is 0.102. The second kappa shape index (κ2) is 8.31. The molecule has 6 nitrogen and oxygen atoms in total. The highest BCUT2D eigenvalue weighted by Gasteiger charge is 2.19. The van der Waals surface area contributed by atoms with E-state index >= 15 is 0 Å². The monoisotopic (exact) mass is 394 g/mol. The Morgan fingerprint density at radius 3 is 2.31 bits per heavy atom. The van der Waals surface area contributed by atoms with Crippen LogP contribution in [-0.4, -0.2) is 19.0 Å². The molecular formula is C23H22O6. The normalized spacial score (nSPS) is 10.9. The molecule has 0 radical (unpaired) electrons. The van der Waals surface area contributed by atoms with Gasteiger partial charge in [-0.1, -0.05) is 26.0 Å². The number of aryl methyl sites for hydroxylation is 1. The summed E-state index contributed by atoms with van der Waals surface area (Å²) < 4.78 is 15.4. The van der Waals surface area contributed by atoms with Crippen molar-refractivity contribution in [3.05, 3.63) is 80.7 Å². The molecular weight excluding hydrogens is 372 g/mol. The van der Waals surface area contributed by atoms with Crippen LogP contribution in [0, 0.1) is 6.92 Å². The van der Waals surface area contributed by atoms with Crippen LogP contribution in [0.15, 0.2) is 51.7 Å². The van der Waals surface area contributed by atoms with Crippen molar-refractivity contribution in [2.45, 2.75) is 33.3 Å².